The van der Waals surface area contributed by atoms with Crippen molar-refractivity contribution in [2.45, 2.75) is 31.3 Å². The van der Waals surface area contributed by atoms with Gasteiger partial charge in [-0.15, -0.1) is 0 Å². The van der Waals surface area contributed by atoms with Crippen LogP contribution in [0.2, 0.25) is 0 Å². The molecule has 4 aromatic rings. The first-order valence-electron chi connectivity index (χ1n) is 10.6. The molecule has 1 amide bonds. The van der Waals surface area contributed by atoms with E-state index in [0.717, 1.165) is 27.8 Å². The summed E-state index contributed by atoms with van der Waals surface area (Å²) in [6.45, 7) is 1.94. The molecule has 6 nitrogen and oxygen atoms in total. The van der Waals surface area contributed by atoms with Crippen molar-refractivity contribution in [1.82, 2.24) is 14.5 Å². The maximum Gasteiger partial charge on any atom is 0.256 e. The minimum absolute atomic E-state index is 0.138. The average Bonchev–Trinajstić information content (AvgIpc) is 2.79. The molecule has 2 heterocycles. The molecule has 0 atom stereocenters. The molecular formula is C25H22F2N4O2S. The second kappa shape index (κ2) is 9.72. The Bertz CT molecular complexity index is 1450. The molecule has 4 rings (SSSR count). The Balaban J connectivity index is 1.77. The molecule has 0 aliphatic heterocycles. The van der Waals surface area contributed by atoms with E-state index < -0.39 is 28.8 Å². The Morgan fingerprint density at radius 1 is 1.06 bits per heavy atom. The summed E-state index contributed by atoms with van der Waals surface area (Å²) < 4.78 is 30.1. The number of hydrogen-bond donors (Lipinski definition) is 1. The lowest BCUT2D eigenvalue weighted by molar-refractivity contribution is 0.0999. The van der Waals surface area contributed by atoms with Crippen LogP contribution in [0, 0.1) is 18.6 Å². The molecule has 2 aromatic carbocycles. The number of carbonyl (C=O) groups is 1. The Labute approximate surface area is 198 Å². The Kier molecular flexibility index (Phi) is 6.74. The number of thioether (sulfide) groups is 1. The van der Waals surface area contributed by atoms with E-state index in [4.69, 9.17) is 5.73 Å². The number of para-hydroxylation sites is 1. The molecule has 0 radical (unpaired) electrons. The molecule has 2 N–H and O–H groups in total. The Morgan fingerprint density at radius 3 is 2.47 bits per heavy atom. The lowest BCUT2D eigenvalue weighted by atomic mass is 9.98. The first kappa shape index (κ1) is 23.6. The first-order chi connectivity index (χ1) is 16.3. The van der Waals surface area contributed by atoms with Crippen LogP contribution in [0.15, 0.2) is 58.5 Å². The van der Waals surface area contributed by atoms with Crippen molar-refractivity contribution >= 4 is 28.7 Å². The molecule has 0 fully saturated rings. The predicted octanol–water partition coefficient (Wildman–Crippen LogP) is 4.36. The third-order valence-corrected chi connectivity index (χ3v) is 6.09. The summed E-state index contributed by atoms with van der Waals surface area (Å²) in [5.74, 6) is -2.21. The van der Waals surface area contributed by atoms with Crippen LogP contribution in [0.3, 0.4) is 0 Å². The minimum atomic E-state index is -0.862. The van der Waals surface area contributed by atoms with Gasteiger partial charge in [0.2, 0.25) is 5.91 Å². The number of nitrogens with two attached hydrogens (primary N) is 1. The summed E-state index contributed by atoms with van der Waals surface area (Å²) in [6.07, 6.45) is 3.50. The lowest BCUT2D eigenvalue weighted by Crippen LogP contribution is -2.21. The zero-order valence-electron chi connectivity index (χ0n) is 18.6. The quantitative estimate of drug-likeness (QED) is 0.313. The minimum Gasteiger partial charge on any atom is -0.366 e. The van der Waals surface area contributed by atoms with Gasteiger partial charge in [-0.1, -0.05) is 35.5 Å². The van der Waals surface area contributed by atoms with E-state index in [1.54, 1.807) is 18.4 Å². The number of aromatic nitrogens is 3. The molecule has 0 saturated heterocycles. The molecule has 0 aliphatic rings. The van der Waals surface area contributed by atoms with Gasteiger partial charge in [0.15, 0.2) is 10.8 Å². The van der Waals surface area contributed by atoms with E-state index >= 15 is 0 Å². The highest BCUT2D eigenvalue weighted by Gasteiger charge is 2.19. The normalized spacial score (nSPS) is 11.2. The maximum absolute atomic E-state index is 14.6. The number of rotatable bonds is 7. The number of hydrogen-bond acceptors (Lipinski definition) is 5. The van der Waals surface area contributed by atoms with E-state index in [-0.39, 0.29) is 5.65 Å². The van der Waals surface area contributed by atoms with Crippen molar-refractivity contribution in [2.24, 2.45) is 5.73 Å². The lowest BCUT2D eigenvalue weighted by Gasteiger charge is -2.14. The number of nitrogens with zero attached hydrogens (tertiary/aromatic N) is 3. The van der Waals surface area contributed by atoms with Gasteiger partial charge in [-0.3, -0.25) is 14.2 Å². The van der Waals surface area contributed by atoms with Crippen LogP contribution in [0.4, 0.5) is 8.78 Å². The Hall–Kier alpha value is -3.59. The third-order valence-electron chi connectivity index (χ3n) is 5.54. The van der Waals surface area contributed by atoms with Crippen LogP contribution < -0.4 is 11.3 Å². The van der Waals surface area contributed by atoms with Gasteiger partial charge < -0.3 is 5.73 Å². The topological polar surface area (TPSA) is 90.9 Å². The van der Waals surface area contributed by atoms with E-state index in [2.05, 4.69) is 9.97 Å². The van der Waals surface area contributed by atoms with Crippen LogP contribution in [0.25, 0.3) is 16.7 Å². The van der Waals surface area contributed by atoms with Gasteiger partial charge in [0.25, 0.3) is 5.56 Å². The number of carbonyl (C=O) groups excluding carboxylic acids is 1. The smallest absolute Gasteiger partial charge is 0.256 e. The third kappa shape index (κ3) is 4.56. The van der Waals surface area contributed by atoms with E-state index in [0.29, 0.717) is 41.1 Å². The van der Waals surface area contributed by atoms with Crippen molar-refractivity contribution in [2.75, 3.05) is 6.26 Å². The average molecular weight is 481 g/mol. The van der Waals surface area contributed by atoms with Crippen LogP contribution in [0.5, 0.6) is 0 Å². The molecule has 0 aliphatic carbocycles. The monoisotopic (exact) mass is 480 g/mol. The highest BCUT2D eigenvalue weighted by atomic mass is 32.2. The standard InChI is InChI=1S/C25H22F2N4O2S/c1-14-9-10-16(23(28)33)15(13-14)5-3-8-20-17-11-12-21(32)31(24(17)30-25(29-20)34-2)22-18(26)6-4-7-19(22)27/h4,6-7,9-13H,3,5,8H2,1-2H3,(H2,28,33). The molecule has 9 heteroatoms. The van der Waals surface area contributed by atoms with E-state index in [1.165, 1.54) is 23.9 Å². The number of benzene rings is 2. The first-order valence-corrected chi connectivity index (χ1v) is 11.8. The van der Waals surface area contributed by atoms with E-state index in [9.17, 15) is 18.4 Å². The largest absolute Gasteiger partial charge is 0.366 e. The van der Waals surface area contributed by atoms with Gasteiger partial charge in [-0.25, -0.2) is 18.7 Å². The fourth-order valence-electron chi connectivity index (χ4n) is 3.97. The van der Waals surface area contributed by atoms with Crippen molar-refractivity contribution in [3.63, 3.8) is 0 Å². The van der Waals surface area contributed by atoms with Crippen LogP contribution in [0.1, 0.15) is 33.6 Å². The van der Waals surface area contributed by atoms with Gasteiger partial charge in [0, 0.05) is 17.0 Å². The zero-order chi connectivity index (χ0) is 24.4. The van der Waals surface area contributed by atoms with Crippen LogP contribution in [-0.2, 0) is 12.8 Å². The molecule has 2 aromatic heterocycles. The van der Waals surface area contributed by atoms with Gasteiger partial charge >= 0.3 is 0 Å². The molecule has 174 valence electrons. The van der Waals surface area contributed by atoms with Crippen molar-refractivity contribution in [1.29, 1.82) is 0 Å². The van der Waals surface area contributed by atoms with Crippen LogP contribution in [-0.4, -0.2) is 26.7 Å². The predicted molar refractivity (Wildman–Crippen MR) is 129 cm³/mol. The second-order valence-electron chi connectivity index (χ2n) is 7.85. The van der Waals surface area contributed by atoms with Crippen molar-refractivity contribution in [3.8, 4) is 5.69 Å². The van der Waals surface area contributed by atoms with Gasteiger partial charge in [-0.2, -0.15) is 0 Å². The SMILES string of the molecule is CSc1nc(CCCc2cc(C)ccc2C(N)=O)c2ccc(=O)n(-c3c(F)cccc3F)c2n1. The van der Waals surface area contributed by atoms with Gasteiger partial charge in [0.05, 0.1) is 5.69 Å². The highest BCUT2D eigenvalue weighted by Crippen LogP contribution is 2.25. The summed E-state index contributed by atoms with van der Waals surface area (Å²) in [7, 11) is 0. The highest BCUT2D eigenvalue weighted by molar-refractivity contribution is 7.98. The summed E-state index contributed by atoms with van der Waals surface area (Å²) in [5.41, 5.74) is 7.58. The number of pyridine rings is 1. The second-order valence-corrected chi connectivity index (χ2v) is 8.62. The molecule has 0 spiro atoms. The molecule has 0 bridgehead atoms. The van der Waals surface area contributed by atoms with Crippen molar-refractivity contribution in [3.05, 3.63) is 92.9 Å². The number of fused-ring (bicyclic) bond motifs is 1. The number of amides is 1. The molecular weight excluding hydrogens is 458 g/mol. The molecule has 34 heavy (non-hydrogen) atoms. The number of aryl methyl sites for hydroxylation is 3. The summed E-state index contributed by atoms with van der Waals surface area (Å²) in [5, 5.41) is 0.909. The number of halogens is 2. The van der Waals surface area contributed by atoms with Gasteiger partial charge in [-0.05, 0) is 62.3 Å². The van der Waals surface area contributed by atoms with Crippen LogP contribution >= 0.6 is 11.8 Å². The summed E-state index contributed by atoms with van der Waals surface area (Å²) in [4.78, 5) is 33.5. The van der Waals surface area contributed by atoms with Crippen molar-refractivity contribution < 1.29 is 13.6 Å². The Morgan fingerprint density at radius 2 is 1.79 bits per heavy atom. The maximum atomic E-state index is 14.6. The fourth-order valence-corrected chi connectivity index (χ4v) is 4.35. The van der Waals surface area contributed by atoms with Gasteiger partial charge in [0.1, 0.15) is 17.3 Å². The summed E-state index contributed by atoms with van der Waals surface area (Å²) >= 11 is 1.27. The summed E-state index contributed by atoms with van der Waals surface area (Å²) in [6, 6.07) is 11.8. The fraction of sp³-hybridized carbons (Fsp3) is 0.200. The van der Waals surface area contributed by atoms with E-state index in [1.807, 2.05) is 19.1 Å². The number of primary amides is 1. The zero-order valence-corrected chi connectivity index (χ0v) is 19.5. The molecule has 0 saturated carbocycles. The molecule has 0 unspecified atom stereocenters.